The topological polar surface area (TPSA) is 107 Å². The third-order valence-corrected chi connectivity index (χ3v) is 6.70. The maximum absolute atomic E-state index is 12.7. The normalized spacial score (nSPS) is 22.8. The molecule has 2 aromatic rings. The lowest BCUT2D eigenvalue weighted by molar-refractivity contribution is -0.192. The first-order valence-corrected chi connectivity index (χ1v) is 12.4. The van der Waals surface area contributed by atoms with Gasteiger partial charge in [0.05, 0.1) is 0 Å². The number of rotatable bonds is 6. The summed E-state index contributed by atoms with van der Waals surface area (Å²) in [5, 5.41) is 14.6. The Labute approximate surface area is 218 Å². The molecule has 1 heterocycles. The number of carboxylic acids is 1. The molecule has 0 aliphatic heterocycles. The first-order valence-electron chi connectivity index (χ1n) is 12.0. The zero-order valence-corrected chi connectivity index (χ0v) is 21.6. The van der Waals surface area contributed by atoms with E-state index in [9.17, 15) is 18.0 Å². The van der Waals surface area contributed by atoms with Crippen molar-refractivity contribution in [3.05, 3.63) is 46.6 Å². The minimum atomic E-state index is -5.08. The molecule has 2 aliphatic rings. The highest BCUT2D eigenvalue weighted by Crippen LogP contribution is 2.47. The Morgan fingerprint density at radius 1 is 1.08 bits per heavy atom. The van der Waals surface area contributed by atoms with Gasteiger partial charge in [0.1, 0.15) is 5.82 Å². The Hall–Kier alpha value is -3.08. The minimum Gasteiger partial charge on any atom is -0.475 e. The number of halogens is 4. The van der Waals surface area contributed by atoms with Crippen LogP contribution in [0, 0.1) is 12.8 Å². The summed E-state index contributed by atoms with van der Waals surface area (Å²) >= 11 is 5.96. The van der Waals surface area contributed by atoms with E-state index in [0.29, 0.717) is 17.9 Å². The molecule has 1 aromatic heterocycles. The number of nitrogens with zero attached hydrogens (tertiary/aromatic N) is 3. The number of aryl methyl sites for hydroxylation is 1. The Kier molecular flexibility index (Phi) is 9.22. The van der Waals surface area contributed by atoms with Gasteiger partial charge in [-0.25, -0.2) is 9.78 Å². The summed E-state index contributed by atoms with van der Waals surface area (Å²) in [6.45, 7) is 2.02. The van der Waals surface area contributed by atoms with Crippen LogP contribution in [0.15, 0.2) is 30.5 Å². The number of aliphatic carboxylic acids is 1. The number of carbonyl (C=O) groups is 2. The van der Waals surface area contributed by atoms with Crippen molar-refractivity contribution in [2.24, 2.45) is 5.92 Å². The molecule has 3 N–H and O–H groups in total. The molecule has 202 valence electrons. The molecule has 37 heavy (non-hydrogen) atoms. The van der Waals surface area contributed by atoms with Crippen LogP contribution in [0.3, 0.4) is 0 Å². The third-order valence-electron chi connectivity index (χ3n) is 6.44. The summed E-state index contributed by atoms with van der Waals surface area (Å²) in [6.07, 6.45) is 1.68. The summed E-state index contributed by atoms with van der Waals surface area (Å²) in [5.74, 6) is -0.498. The van der Waals surface area contributed by atoms with Crippen molar-refractivity contribution >= 4 is 35.2 Å². The summed E-state index contributed by atoms with van der Waals surface area (Å²) < 4.78 is 31.7. The van der Waals surface area contributed by atoms with Crippen molar-refractivity contribution < 1.29 is 27.9 Å². The van der Waals surface area contributed by atoms with Gasteiger partial charge in [-0.05, 0) is 62.6 Å². The Bertz CT molecular complexity index is 1090. The van der Waals surface area contributed by atoms with Crippen molar-refractivity contribution in [3.63, 3.8) is 0 Å². The Morgan fingerprint density at radius 2 is 1.65 bits per heavy atom. The van der Waals surface area contributed by atoms with Crippen LogP contribution in [-0.2, 0) is 9.59 Å². The molecule has 2 fully saturated rings. The molecular formula is C25H31ClF3N5O3. The van der Waals surface area contributed by atoms with Crippen LogP contribution in [0.25, 0.3) is 0 Å². The predicted molar refractivity (Wildman–Crippen MR) is 135 cm³/mol. The van der Waals surface area contributed by atoms with E-state index in [4.69, 9.17) is 21.5 Å². The average molecular weight is 542 g/mol. The number of aromatic nitrogens is 2. The van der Waals surface area contributed by atoms with Gasteiger partial charge in [-0.1, -0.05) is 23.7 Å². The fraction of sp³-hybridized carbons (Fsp3) is 0.520. The maximum Gasteiger partial charge on any atom is 0.490 e. The van der Waals surface area contributed by atoms with E-state index in [2.05, 4.69) is 20.6 Å². The zero-order chi connectivity index (χ0) is 27.3. The van der Waals surface area contributed by atoms with Crippen molar-refractivity contribution in [3.8, 4) is 0 Å². The quantitative estimate of drug-likeness (QED) is 0.483. The number of amides is 1. The van der Waals surface area contributed by atoms with Gasteiger partial charge in [0.15, 0.2) is 0 Å². The monoisotopic (exact) mass is 541 g/mol. The van der Waals surface area contributed by atoms with Crippen LogP contribution in [0.5, 0.6) is 0 Å². The Morgan fingerprint density at radius 3 is 2.19 bits per heavy atom. The second kappa shape index (κ2) is 12.0. The number of nitrogens with one attached hydrogen (secondary N) is 2. The molecule has 4 rings (SSSR count). The number of hydrogen-bond acceptors (Lipinski definition) is 6. The first kappa shape index (κ1) is 28.5. The molecule has 2 unspecified atom stereocenters. The zero-order valence-electron chi connectivity index (χ0n) is 20.8. The first-order chi connectivity index (χ1) is 17.3. The van der Waals surface area contributed by atoms with E-state index in [1.807, 2.05) is 56.4 Å². The van der Waals surface area contributed by atoms with E-state index in [-0.39, 0.29) is 17.9 Å². The fourth-order valence-corrected chi connectivity index (χ4v) is 4.52. The summed E-state index contributed by atoms with van der Waals surface area (Å²) in [7, 11) is 3.98. The molecule has 2 aliphatic carbocycles. The van der Waals surface area contributed by atoms with Crippen LogP contribution in [0.2, 0.25) is 5.02 Å². The molecule has 12 heteroatoms. The standard InChI is InChI=1S/C23H30ClN5O.C2HF3O2/c1-14-13-25-23(28-21(14)29(2)3)27-18-10-8-17(9-11-18)26-22(30)20-12-19(20)15-4-6-16(24)7-5-15;3-2(4,5)1(6)7/h4-7,13,17-20H,8-12H2,1-3H3,(H,26,30)(H,25,27,28);(H,6,7)/t17-,18+,19?,20?;. The lowest BCUT2D eigenvalue weighted by Gasteiger charge is -2.30. The number of hydrogen-bond donors (Lipinski definition) is 3. The van der Waals surface area contributed by atoms with E-state index in [1.54, 1.807) is 0 Å². The molecule has 0 bridgehead atoms. The van der Waals surface area contributed by atoms with Crippen LogP contribution < -0.4 is 15.5 Å². The molecule has 2 atom stereocenters. The molecule has 1 amide bonds. The SMILES string of the molecule is Cc1cnc(N[C@H]2CC[C@@H](NC(=O)C3CC3c3ccc(Cl)cc3)CC2)nc1N(C)C.O=C(O)C(F)(F)F. The van der Waals surface area contributed by atoms with Gasteiger partial charge in [-0.15, -0.1) is 0 Å². The summed E-state index contributed by atoms with van der Waals surface area (Å²) in [4.78, 5) is 32.6. The Balaban J connectivity index is 0.000000479. The van der Waals surface area contributed by atoms with Gasteiger partial charge in [-0.2, -0.15) is 18.2 Å². The van der Waals surface area contributed by atoms with Gasteiger partial charge in [0.2, 0.25) is 11.9 Å². The highest BCUT2D eigenvalue weighted by molar-refractivity contribution is 6.30. The molecule has 0 radical (unpaired) electrons. The van der Waals surface area contributed by atoms with Gasteiger partial charge in [-0.3, -0.25) is 4.79 Å². The third kappa shape index (κ3) is 8.21. The van der Waals surface area contributed by atoms with E-state index in [1.165, 1.54) is 5.56 Å². The van der Waals surface area contributed by atoms with Crippen LogP contribution in [0.4, 0.5) is 24.9 Å². The number of benzene rings is 1. The largest absolute Gasteiger partial charge is 0.490 e. The number of alkyl halides is 3. The average Bonchev–Trinajstić information content (AvgIpc) is 3.63. The van der Waals surface area contributed by atoms with Gasteiger partial charge in [0, 0.05) is 48.9 Å². The van der Waals surface area contributed by atoms with Crippen LogP contribution in [0.1, 0.15) is 49.1 Å². The maximum atomic E-state index is 12.7. The van der Waals surface area contributed by atoms with Crippen molar-refractivity contribution in [1.82, 2.24) is 15.3 Å². The predicted octanol–water partition coefficient (Wildman–Crippen LogP) is 4.78. The fourth-order valence-electron chi connectivity index (χ4n) is 4.39. The van der Waals surface area contributed by atoms with Crippen molar-refractivity contribution in [1.29, 1.82) is 0 Å². The summed E-state index contributed by atoms with van der Waals surface area (Å²) in [5.41, 5.74) is 2.27. The molecule has 1 aromatic carbocycles. The lowest BCUT2D eigenvalue weighted by atomic mass is 9.91. The second-order valence-electron chi connectivity index (χ2n) is 9.60. The van der Waals surface area contributed by atoms with Gasteiger partial charge in [0.25, 0.3) is 0 Å². The van der Waals surface area contributed by atoms with E-state index in [0.717, 1.165) is 48.5 Å². The highest BCUT2D eigenvalue weighted by atomic mass is 35.5. The van der Waals surface area contributed by atoms with Crippen molar-refractivity contribution in [2.75, 3.05) is 24.3 Å². The number of carboxylic acid groups (broad SMARTS) is 1. The summed E-state index contributed by atoms with van der Waals surface area (Å²) in [6, 6.07) is 8.48. The number of anilines is 2. The van der Waals surface area contributed by atoms with Crippen LogP contribution >= 0.6 is 11.6 Å². The second-order valence-corrected chi connectivity index (χ2v) is 10.0. The molecular weight excluding hydrogens is 511 g/mol. The molecule has 2 saturated carbocycles. The van der Waals surface area contributed by atoms with Gasteiger partial charge >= 0.3 is 12.1 Å². The highest BCUT2D eigenvalue weighted by Gasteiger charge is 2.44. The number of carbonyl (C=O) groups excluding carboxylic acids is 1. The lowest BCUT2D eigenvalue weighted by Crippen LogP contribution is -2.41. The minimum absolute atomic E-state index is 0.104. The van der Waals surface area contributed by atoms with E-state index >= 15 is 0 Å². The molecule has 0 saturated heterocycles. The molecule has 8 nitrogen and oxygen atoms in total. The van der Waals surface area contributed by atoms with E-state index < -0.39 is 12.1 Å². The van der Waals surface area contributed by atoms with Crippen LogP contribution in [-0.4, -0.2) is 59.3 Å². The smallest absolute Gasteiger partial charge is 0.475 e. The molecule has 0 spiro atoms. The van der Waals surface area contributed by atoms with Crippen molar-refractivity contribution in [2.45, 2.75) is 63.2 Å². The van der Waals surface area contributed by atoms with Gasteiger partial charge < -0.3 is 20.6 Å².